The van der Waals surface area contributed by atoms with Crippen molar-refractivity contribution in [2.24, 2.45) is 19.1 Å². The first-order chi connectivity index (χ1) is 9.09. The van der Waals surface area contributed by atoms with E-state index >= 15 is 0 Å². The van der Waals surface area contributed by atoms with Crippen LogP contribution in [0.25, 0.3) is 0 Å². The van der Waals surface area contributed by atoms with Crippen molar-refractivity contribution in [2.75, 3.05) is 11.9 Å². The molecule has 6 nitrogen and oxygen atoms in total. The van der Waals surface area contributed by atoms with Gasteiger partial charge in [-0.15, -0.1) is 0 Å². The summed E-state index contributed by atoms with van der Waals surface area (Å²) < 4.78 is 2.52. The normalized spacial score (nSPS) is 16.4. The van der Waals surface area contributed by atoms with Crippen molar-refractivity contribution < 1.29 is 0 Å². The fraction of sp³-hybridized carbons (Fsp3) is 0.615. The molecule has 0 atom stereocenters. The van der Waals surface area contributed by atoms with Gasteiger partial charge < -0.3 is 5.32 Å². The van der Waals surface area contributed by atoms with Gasteiger partial charge in [-0.2, -0.15) is 0 Å². The quantitative estimate of drug-likeness (QED) is 0.818. The Hall–Kier alpha value is -1.85. The lowest BCUT2D eigenvalue weighted by Gasteiger charge is -2.15. The number of anilines is 1. The average Bonchev–Trinajstić information content (AvgIpc) is 2.36. The fourth-order valence-corrected chi connectivity index (χ4v) is 2.15. The number of nitrogens with zero attached hydrogens (tertiary/aromatic N) is 3. The smallest absolute Gasteiger partial charge is 0.330 e. The molecule has 0 aromatic carbocycles. The molecule has 1 aromatic rings. The summed E-state index contributed by atoms with van der Waals surface area (Å²) in [5.41, 5.74) is -0.640. The van der Waals surface area contributed by atoms with E-state index in [1.165, 1.54) is 30.5 Å². The van der Waals surface area contributed by atoms with Crippen molar-refractivity contribution in [3.8, 4) is 0 Å². The summed E-state index contributed by atoms with van der Waals surface area (Å²) in [4.78, 5) is 28.0. The van der Waals surface area contributed by atoms with Crippen LogP contribution >= 0.6 is 0 Å². The summed E-state index contributed by atoms with van der Waals surface area (Å²) in [6, 6.07) is 1.43. The molecule has 19 heavy (non-hydrogen) atoms. The van der Waals surface area contributed by atoms with E-state index in [1.807, 2.05) is 0 Å². The SMILES string of the molecule is Cn1c(NC2=NCCCCCC2)cc(=O)n(C)c1=O. The third-order valence-corrected chi connectivity index (χ3v) is 3.42. The molecule has 1 aromatic heterocycles. The second kappa shape index (κ2) is 5.86. The summed E-state index contributed by atoms with van der Waals surface area (Å²) in [6.45, 7) is 0.807. The Labute approximate surface area is 111 Å². The van der Waals surface area contributed by atoms with Crippen LogP contribution in [0.15, 0.2) is 20.6 Å². The minimum absolute atomic E-state index is 0.308. The van der Waals surface area contributed by atoms with E-state index in [-0.39, 0.29) is 11.2 Å². The van der Waals surface area contributed by atoms with E-state index in [9.17, 15) is 9.59 Å². The molecule has 2 heterocycles. The summed E-state index contributed by atoms with van der Waals surface area (Å²) in [5, 5.41) is 3.13. The predicted molar refractivity (Wildman–Crippen MR) is 75.9 cm³/mol. The molecule has 0 aliphatic carbocycles. The van der Waals surface area contributed by atoms with Gasteiger partial charge in [0.05, 0.1) is 0 Å². The molecule has 1 aliphatic heterocycles. The molecule has 0 unspecified atom stereocenters. The molecule has 0 radical (unpaired) electrons. The summed E-state index contributed by atoms with van der Waals surface area (Å²) >= 11 is 0. The molecular weight excluding hydrogens is 244 g/mol. The van der Waals surface area contributed by atoms with Crippen LogP contribution in [0.2, 0.25) is 0 Å². The van der Waals surface area contributed by atoms with Crippen LogP contribution in [0.3, 0.4) is 0 Å². The number of hydrogen-bond acceptors (Lipinski definition) is 4. The van der Waals surface area contributed by atoms with Crippen LogP contribution in [0.5, 0.6) is 0 Å². The molecule has 1 aliphatic rings. The van der Waals surface area contributed by atoms with Crippen molar-refractivity contribution in [1.29, 1.82) is 0 Å². The zero-order valence-corrected chi connectivity index (χ0v) is 11.5. The van der Waals surface area contributed by atoms with Crippen LogP contribution in [0.1, 0.15) is 32.1 Å². The number of aliphatic imine (C=N–C) groups is 1. The molecule has 6 heteroatoms. The number of amidine groups is 1. The summed E-state index contributed by atoms with van der Waals surface area (Å²) in [6.07, 6.45) is 5.48. The van der Waals surface area contributed by atoms with Gasteiger partial charge in [0.1, 0.15) is 11.7 Å². The van der Waals surface area contributed by atoms with Crippen molar-refractivity contribution in [1.82, 2.24) is 9.13 Å². The lowest BCUT2D eigenvalue weighted by molar-refractivity contribution is 0.642. The molecule has 0 bridgehead atoms. The fourth-order valence-electron chi connectivity index (χ4n) is 2.15. The van der Waals surface area contributed by atoms with E-state index in [0.717, 1.165) is 36.2 Å². The maximum absolute atomic E-state index is 11.8. The molecule has 1 N–H and O–H groups in total. The first kappa shape index (κ1) is 13.6. The zero-order chi connectivity index (χ0) is 13.8. The van der Waals surface area contributed by atoms with E-state index in [4.69, 9.17) is 0 Å². The van der Waals surface area contributed by atoms with Crippen molar-refractivity contribution in [3.05, 3.63) is 26.9 Å². The number of rotatable bonds is 1. The molecule has 2 rings (SSSR count). The van der Waals surface area contributed by atoms with E-state index in [1.54, 1.807) is 7.05 Å². The van der Waals surface area contributed by atoms with Gasteiger partial charge in [0.25, 0.3) is 5.56 Å². The highest BCUT2D eigenvalue weighted by atomic mass is 16.2. The van der Waals surface area contributed by atoms with Gasteiger partial charge in [0, 0.05) is 33.1 Å². The molecule has 0 spiro atoms. The van der Waals surface area contributed by atoms with Crippen molar-refractivity contribution in [3.63, 3.8) is 0 Å². The van der Waals surface area contributed by atoms with Gasteiger partial charge in [0.15, 0.2) is 0 Å². The van der Waals surface area contributed by atoms with Crippen LogP contribution in [0.4, 0.5) is 5.82 Å². The lowest BCUT2D eigenvalue weighted by atomic mass is 10.1. The Morgan fingerprint density at radius 3 is 2.63 bits per heavy atom. The monoisotopic (exact) mass is 264 g/mol. The standard InChI is InChI=1S/C13H20N4O2/c1-16-11(9-12(18)17(2)13(16)19)15-10-7-5-3-4-6-8-14-10/h9H,3-8H2,1-2H3,(H,14,15). The first-order valence-electron chi connectivity index (χ1n) is 6.67. The maximum atomic E-state index is 11.8. The lowest BCUT2D eigenvalue weighted by Crippen LogP contribution is -2.38. The van der Waals surface area contributed by atoms with E-state index < -0.39 is 0 Å². The van der Waals surface area contributed by atoms with Crippen LogP contribution < -0.4 is 16.6 Å². The summed E-state index contributed by atoms with van der Waals surface area (Å²) in [5.74, 6) is 1.37. The first-order valence-corrected chi connectivity index (χ1v) is 6.67. The predicted octanol–water partition coefficient (Wildman–Crippen LogP) is 0.858. The van der Waals surface area contributed by atoms with Crippen LogP contribution in [-0.2, 0) is 14.1 Å². The van der Waals surface area contributed by atoms with Crippen LogP contribution in [-0.4, -0.2) is 21.5 Å². The highest BCUT2D eigenvalue weighted by molar-refractivity contribution is 5.94. The highest BCUT2D eigenvalue weighted by Gasteiger charge is 2.09. The second-order valence-corrected chi connectivity index (χ2v) is 4.89. The Bertz CT molecular complexity index is 598. The molecule has 104 valence electrons. The van der Waals surface area contributed by atoms with Gasteiger partial charge in [-0.1, -0.05) is 12.8 Å². The maximum Gasteiger partial charge on any atom is 0.332 e. The van der Waals surface area contributed by atoms with E-state index in [2.05, 4.69) is 10.3 Å². The average molecular weight is 264 g/mol. The molecule has 0 saturated carbocycles. The molecule has 0 amide bonds. The largest absolute Gasteiger partial charge is 0.332 e. The zero-order valence-electron chi connectivity index (χ0n) is 11.5. The Morgan fingerprint density at radius 2 is 1.84 bits per heavy atom. The Morgan fingerprint density at radius 1 is 1.11 bits per heavy atom. The Balaban J connectivity index is 2.28. The van der Waals surface area contributed by atoms with Gasteiger partial charge >= 0.3 is 5.69 Å². The third kappa shape index (κ3) is 3.13. The van der Waals surface area contributed by atoms with Gasteiger partial charge in [-0.25, -0.2) is 4.79 Å². The van der Waals surface area contributed by atoms with Gasteiger partial charge in [-0.05, 0) is 12.8 Å². The van der Waals surface area contributed by atoms with Gasteiger partial charge in [0.2, 0.25) is 0 Å². The molecule has 0 saturated heterocycles. The second-order valence-electron chi connectivity index (χ2n) is 4.89. The van der Waals surface area contributed by atoms with E-state index in [0.29, 0.717) is 5.82 Å². The van der Waals surface area contributed by atoms with Gasteiger partial charge in [-0.3, -0.25) is 18.9 Å². The highest BCUT2D eigenvalue weighted by Crippen LogP contribution is 2.10. The summed E-state index contributed by atoms with van der Waals surface area (Å²) in [7, 11) is 3.12. The minimum Gasteiger partial charge on any atom is -0.330 e. The molecule has 0 fully saturated rings. The number of aromatic nitrogens is 2. The molecular formula is C13H20N4O2. The third-order valence-electron chi connectivity index (χ3n) is 3.42. The topological polar surface area (TPSA) is 68.4 Å². The number of hydrogen-bond donors (Lipinski definition) is 1. The Kier molecular flexibility index (Phi) is 4.19. The van der Waals surface area contributed by atoms with Crippen molar-refractivity contribution in [2.45, 2.75) is 32.1 Å². The minimum atomic E-state index is -0.332. The van der Waals surface area contributed by atoms with Crippen LogP contribution in [0, 0.1) is 0 Å². The van der Waals surface area contributed by atoms with Crippen molar-refractivity contribution >= 4 is 11.7 Å². The number of nitrogens with one attached hydrogen (secondary N) is 1.